The monoisotopic (exact) mass is 296 g/mol. The third kappa shape index (κ3) is 6.54. The van der Waals surface area contributed by atoms with E-state index in [1.54, 1.807) is 0 Å². The Kier molecular flexibility index (Phi) is 6.11. The predicted octanol–water partition coefficient (Wildman–Crippen LogP) is 4.23. The highest BCUT2D eigenvalue weighted by Gasteiger charge is 2.36. The molecule has 0 N–H and O–H groups in total. The number of hydrogen-bond donors (Lipinski definition) is 0. The van der Waals surface area contributed by atoms with Crippen LogP contribution in [0.5, 0.6) is 0 Å². The van der Waals surface area contributed by atoms with Gasteiger partial charge in [-0.2, -0.15) is 0 Å². The molecule has 122 valence electrons. The Morgan fingerprint density at radius 3 is 1.10 bits per heavy atom. The lowest BCUT2D eigenvalue weighted by Crippen LogP contribution is -2.36. The van der Waals surface area contributed by atoms with E-state index in [0.29, 0.717) is 0 Å². The standard InChI is InChI=1S/C18H32O3/c1-16(2,3)13(19)10-12(15(21)18(7,8)9)11-14(20)17(4,5)6/h12H,10-11H2,1-9H3. The van der Waals surface area contributed by atoms with Gasteiger partial charge in [0.15, 0.2) is 0 Å². The quantitative estimate of drug-likeness (QED) is 0.763. The maximum absolute atomic E-state index is 12.6. The molecule has 0 aromatic carbocycles. The molecule has 3 heteroatoms. The Morgan fingerprint density at radius 1 is 0.619 bits per heavy atom. The van der Waals surface area contributed by atoms with Crippen molar-refractivity contribution in [2.24, 2.45) is 22.2 Å². The zero-order valence-corrected chi connectivity index (χ0v) is 15.2. The number of carbonyl (C=O) groups excluding carboxylic acids is 3. The van der Waals surface area contributed by atoms with E-state index < -0.39 is 22.2 Å². The Balaban J connectivity index is 5.27. The van der Waals surface area contributed by atoms with Crippen molar-refractivity contribution in [2.45, 2.75) is 75.2 Å². The summed E-state index contributed by atoms with van der Waals surface area (Å²) in [5.41, 5.74) is -1.51. The van der Waals surface area contributed by atoms with Gasteiger partial charge in [0.2, 0.25) is 0 Å². The summed E-state index contributed by atoms with van der Waals surface area (Å²) in [5.74, 6) is -0.445. The van der Waals surface area contributed by atoms with Gasteiger partial charge in [0.1, 0.15) is 17.3 Å². The van der Waals surface area contributed by atoms with Gasteiger partial charge < -0.3 is 0 Å². The first-order chi connectivity index (χ1) is 9.06. The molecule has 3 nitrogen and oxygen atoms in total. The van der Waals surface area contributed by atoms with Gasteiger partial charge in [-0.15, -0.1) is 0 Å². The van der Waals surface area contributed by atoms with Crippen molar-refractivity contribution in [2.75, 3.05) is 0 Å². The van der Waals surface area contributed by atoms with E-state index in [-0.39, 0.29) is 30.2 Å². The molecule has 0 unspecified atom stereocenters. The van der Waals surface area contributed by atoms with E-state index in [0.717, 1.165) is 0 Å². The van der Waals surface area contributed by atoms with Crippen molar-refractivity contribution >= 4 is 17.3 Å². The van der Waals surface area contributed by atoms with Crippen LogP contribution in [-0.2, 0) is 14.4 Å². The molecule has 0 radical (unpaired) electrons. The molecule has 0 atom stereocenters. The van der Waals surface area contributed by atoms with Crippen LogP contribution in [0.15, 0.2) is 0 Å². The summed E-state index contributed by atoms with van der Waals surface area (Å²) in [4.78, 5) is 37.1. The lowest BCUT2D eigenvalue weighted by molar-refractivity contribution is -0.139. The summed E-state index contributed by atoms with van der Waals surface area (Å²) < 4.78 is 0. The van der Waals surface area contributed by atoms with Gasteiger partial charge in [0.05, 0.1) is 0 Å². The Labute approximate surface area is 129 Å². The normalized spacial score (nSPS) is 13.4. The van der Waals surface area contributed by atoms with Crippen molar-refractivity contribution in [1.82, 2.24) is 0 Å². The van der Waals surface area contributed by atoms with E-state index >= 15 is 0 Å². The zero-order chi connectivity index (χ0) is 17.2. The number of carbonyl (C=O) groups is 3. The van der Waals surface area contributed by atoms with Crippen LogP contribution in [0.1, 0.15) is 75.2 Å². The van der Waals surface area contributed by atoms with Gasteiger partial charge in [0, 0.05) is 35.0 Å². The molecule has 0 heterocycles. The van der Waals surface area contributed by atoms with Gasteiger partial charge in [0.25, 0.3) is 0 Å². The smallest absolute Gasteiger partial charge is 0.142 e. The first-order valence-electron chi connectivity index (χ1n) is 7.67. The van der Waals surface area contributed by atoms with Crippen LogP contribution in [0.25, 0.3) is 0 Å². The molecule has 0 amide bonds. The zero-order valence-electron chi connectivity index (χ0n) is 15.2. The van der Waals surface area contributed by atoms with Crippen molar-refractivity contribution in [1.29, 1.82) is 0 Å². The number of hydrogen-bond acceptors (Lipinski definition) is 3. The Hall–Kier alpha value is -0.990. The van der Waals surface area contributed by atoms with Crippen molar-refractivity contribution in [3.8, 4) is 0 Å². The maximum atomic E-state index is 12.6. The molecule has 0 spiro atoms. The third-order valence-corrected chi connectivity index (χ3v) is 3.65. The minimum Gasteiger partial charge on any atom is -0.299 e. The first-order valence-corrected chi connectivity index (χ1v) is 7.67. The summed E-state index contributed by atoms with van der Waals surface area (Å²) >= 11 is 0. The van der Waals surface area contributed by atoms with E-state index in [1.807, 2.05) is 62.3 Å². The highest BCUT2D eigenvalue weighted by atomic mass is 16.1. The SMILES string of the molecule is CC(C)(C)C(=O)CC(CC(=O)C(C)(C)C)C(=O)C(C)(C)C. The molecule has 21 heavy (non-hydrogen) atoms. The Bertz CT molecular complexity index is 383. The second-order valence-corrected chi connectivity index (χ2v) is 9.07. The molecule has 0 aromatic rings. The first kappa shape index (κ1) is 20.0. The highest BCUT2D eigenvalue weighted by molar-refractivity contribution is 5.96. The molecule has 0 aliphatic carbocycles. The average molecular weight is 296 g/mol. The van der Waals surface area contributed by atoms with Crippen LogP contribution in [0, 0.1) is 22.2 Å². The molecule has 0 rings (SSSR count). The molecular formula is C18H32O3. The van der Waals surface area contributed by atoms with Crippen LogP contribution in [0.2, 0.25) is 0 Å². The minimum atomic E-state index is -0.541. The number of rotatable bonds is 5. The second kappa shape index (κ2) is 6.41. The van der Waals surface area contributed by atoms with Crippen LogP contribution in [0.3, 0.4) is 0 Å². The lowest BCUT2D eigenvalue weighted by atomic mass is 9.73. The minimum absolute atomic E-state index is 0.00213. The second-order valence-electron chi connectivity index (χ2n) is 9.07. The summed E-state index contributed by atoms with van der Waals surface area (Å²) in [6, 6.07) is 0. The van der Waals surface area contributed by atoms with Gasteiger partial charge >= 0.3 is 0 Å². The molecule has 0 fully saturated rings. The Morgan fingerprint density at radius 2 is 0.905 bits per heavy atom. The molecule has 0 saturated carbocycles. The van der Waals surface area contributed by atoms with Crippen molar-refractivity contribution in [3.63, 3.8) is 0 Å². The third-order valence-electron chi connectivity index (χ3n) is 3.65. The fraction of sp³-hybridized carbons (Fsp3) is 0.833. The molecule has 0 saturated heterocycles. The molecule has 0 aromatic heterocycles. The largest absolute Gasteiger partial charge is 0.299 e. The van der Waals surface area contributed by atoms with Crippen molar-refractivity contribution in [3.05, 3.63) is 0 Å². The fourth-order valence-corrected chi connectivity index (χ4v) is 1.93. The van der Waals surface area contributed by atoms with E-state index in [9.17, 15) is 14.4 Å². The maximum Gasteiger partial charge on any atom is 0.142 e. The lowest BCUT2D eigenvalue weighted by Gasteiger charge is -2.28. The van der Waals surface area contributed by atoms with Gasteiger partial charge in [-0.3, -0.25) is 14.4 Å². The summed E-state index contributed by atoms with van der Waals surface area (Å²) in [5, 5.41) is 0. The van der Waals surface area contributed by atoms with E-state index in [1.165, 1.54) is 0 Å². The van der Waals surface area contributed by atoms with Crippen LogP contribution in [0.4, 0.5) is 0 Å². The number of Topliss-reactive ketones (excluding diaryl/α,β-unsaturated/α-hetero) is 3. The summed E-state index contributed by atoms with van der Waals surface area (Å²) in [6.07, 6.45) is 0.308. The van der Waals surface area contributed by atoms with Gasteiger partial charge in [-0.05, 0) is 0 Å². The topological polar surface area (TPSA) is 51.2 Å². The summed E-state index contributed by atoms with van der Waals surface area (Å²) in [7, 11) is 0. The molecule has 0 aliphatic heterocycles. The average Bonchev–Trinajstić information content (AvgIpc) is 2.22. The van der Waals surface area contributed by atoms with E-state index in [2.05, 4.69) is 0 Å². The van der Waals surface area contributed by atoms with E-state index in [4.69, 9.17) is 0 Å². The predicted molar refractivity (Wildman–Crippen MR) is 86.1 cm³/mol. The van der Waals surface area contributed by atoms with Crippen molar-refractivity contribution < 1.29 is 14.4 Å². The number of ketones is 3. The van der Waals surface area contributed by atoms with Crippen LogP contribution >= 0.6 is 0 Å². The molecular weight excluding hydrogens is 264 g/mol. The summed E-state index contributed by atoms with van der Waals surface area (Å²) in [6.45, 7) is 16.6. The molecule has 0 aliphatic rings. The van der Waals surface area contributed by atoms with Crippen LogP contribution in [-0.4, -0.2) is 17.3 Å². The highest BCUT2D eigenvalue weighted by Crippen LogP contribution is 2.30. The van der Waals surface area contributed by atoms with Crippen LogP contribution < -0.4 is 0 Å². The van der Waals surface area contributed by atoms with Gasteiger partial charge in [-0.25, -0.2) is 0 Å². The van der Waals surface area contributed by atoms with Gasteiger partial charge in [-0.1, -0.05) is 62.3 Å². The molecule has 0 bridgehead atoms. The fourth-order valence-electron chi connectivity index (χ4n) is 1.93.